The first kappa shape index (κ1) is 13.4. The summed E-state index contributed by atoms with van der Waals surface area (Å²) in [5.41, 5.74) is 9.48. The van der Waals surface area contributed by atoms with Crippen LogP contribution in [0.5, 0.6) is 0 Å². The number of benzene rings is 1. The van der Waals surface area contributed by atoms with Gasteiger partial charge in [-0.1, -0.05) is 18.2 Å². The Morgan fingerprint density at radius 2 is 2.00 bits per heavy atom. The van der Waals surface area contributed by atoms with E-state index in [9.17, 15) is 0 Å². The van der Waals surface area contributed by atoms with Crippen LogP contribution in [0.3, 0.4) is 0 Å². The molecular formula is C11H18ClNO. The quantitative estimate of drug-likeness (QED) is 0.805. The van der Waals surface area contributed by atoms with E-state index >= 15 is 0 Å². The van der Waals surface area contributed by atoms with Gasteiger partial charge in [-0.2, -0.15) is 0 Å². The predicted octanol–water partition coefficient (Wildman–Crippen LogP) is 1.59. The van der Waals surface area contributed by atoms with E-state index in [4.69, 9.17) is 10.8 Å². The molecule has 0 fully saturated rings. The third kappa shape index (κ3) is 3.29. The van der Waals surface area contributed by atoms with Crippen LogP contribution in [0, 0.1) is 13.8 Å². The van der Waals surface area contributed by atoms with Gasteiger partial charge in [-0.15, -0.1) is 12.4 Å². The molecule has 3 heteroatoms. The number of aliphatic hydroxyl groups excluding tert-OH is 1. The predicted molar refractivity (Wildman–Crippen MR) is 61.9 cm³/mol. The van der Waals surface area contributed by atoms with Crippen LogP contribution in [0.4, 0.5) is 0 Å². The largest absolute Gasteiger partial charge is 0.395 e. The molecule has 1 rings (SSSR count). The first-order chi connectivity index (χ1) is 6.15. The average Bonchev–Trinajstić information content (AvgIpc) is 2.13. The molecule has 0 aliphatic rings. The first-order valence-corrected chi connectivity index (χ1v) is 4.56. The number of aliphatic hydroxyl groups is 1. The molecule has 1 aromatic carbocycles. The number of rotatable bonds is 3. The van der Waals surface area contributed by atoms with Gasteiger partial charge in [0.25, 0.3) is 0 Å². The summed E-state index contributed by atoms with van der Waals surface area (Å²) in [4.78, 5) is 0. The Bertz CT molecular complexity index is 289. The van der Waals surface area contributed by atoms with Crippen LogP contribution in [0.2, 0.25) is 0 Å². The van der Waals surface area contributed by atoms with Crippen LogP contribution >= 0.6 is 12.4 Å². The zero-order chi connectivity index (χ0) is 9.84. The Hall–Kier alpha value is -0.570. The summed E-state index contributed by atoms with van der Waals surface area (Å²) in [5.74, 6) is 0. The minimum Gasteiger partial charge on any atom is -0.395 e. The van der Waals surface area contributed by atoms with Gasteiger partial charge in [0.15, 0.2) is 0 Å². The molecule has 1 aromatic rings. The van der Waals surface area contributed by atoms with Gasteiger partial charge in [0.1, 0.15) is 0 Å². The third-order valence-corrected chi connectivity index (χ3v) is 2.43. The van der Waals surface area contributed by atoms with Gasteiger partial charge in [0, 0.05) is 6.04 Å². The molecule has 1 atom stereocenters. The van der Waals surface area contributed by atoms with Gasteiger partial charge >= 0.3 is 0 Å². The van der Waals surface area contributed by atoms with Crippen LogP contribution in [0.1, 0.15) is 16.7 Å². The monoisotopic (exact) mass is 215 g/mol. The van der Waals surface area contributed by atoms with E-state index in [1.807, 2.05) is 6.07 Å². The molecule has 0 spiro atoms. The molecule has 14 heavy (non-hydrogen) atoms. The van der Waals surface area contributed by atoms with Gasteiger partial charge in [0.2, 0.25) is 0 Å². The number of hydrogen-bond acceptors (Lipinski definition) is 2. The fourth-order valence-electron chi connectivity index (χ4n) is 1.38. The van der Waals surface area contributed by atoms with Gasteiger partial charge in [-0.25, -0.2) is 0 Å². The molecule has 0 aromatic heterocycles. The van der Waals surface area contributed by atoms with E-state index in [0.29, 0.717) is 0 Å². The van der Waals surface area contributed by atoms with Crippen LogP contribution < -0.4 is 5.73 Å². The smallest absolute Gasteiger partial charge is 0.0585 e. The molecule has 0 saturated carbocycles. The lowest BCUT2D eigenvalue weighted by molar-refractivity contribution is 0.265. The first-order valence-electron chi connectivity index (χ1n) is 4.56. The zero-order valence-corrected chi connectivity index (χ0v) is 9.47. The number of halogens is 1. The highest BCUT2D eigenvalue weighted by atomic mass is 35.5. The summed E-state index contributed by atoms with van der Waals surface area (Å²) >= 11 is 0. The fourth-order valence-corrected chi connectivity index (χ4v) is 1.38. The van der Waals surface area contributed by atoms with E-state index in [-0.39, 0.29) is 25.1 Å². The van der Waals surface area contributed by atoms with Crippen molar-refractivity contribution in [2.75, 3.05) is 6.61 Å². The third-order valence-electron chi connectivity index (χ3n) is 2.43. The Morgan fingerprint density at radius 1 is 1.36 bits per heavy atom. The van der Waals surface area contributed by atoms with Crippen molar-refractivity contribution >= 4 is 12.4 Å². The summed E-state index contributed by atoms with van der Waals surface area (Å²) in [5, 5.41) is 8.83. The normalized spacial score (nSPS) is 12.0. The number of hydrogen-bond donors (Lipinski definition) is 2. The van der Waals surface area contributed by atoms with Crippen LogP contribution in [0.15, 0.2) is 18.2 Å². The van der Waals surface area contributed by atoms with Gasteiger partial charge < -0.3 is 10.8 Å². The average molecular weight is 216 g/mol. The lowest BCUT2D eigenvalue weighted by atomic mass is 9.98. The molecule has 2 nitrogen and oxygen atoms in total. The van der Waals surface area contributed by atoms with Gasteiger partial charge in [0.05, 0.1) is 6.61 Å². The maximum Gasteiger partial charge on any atom is 0.0585 e. The molecule has 0 radical (unpaired) electrons. The summed E-state index contributed by atoms with van der Waals surface area (Å²) in [6, 6.07) is 6.05. The van der Waals surface area contributed by atoms with Crippen molar-refractivity contribution in [2.45, 2.75) is 26.3 Å². The molecule has 3 N–H and O–H groups in total. The second-order valence-electron chi connectivity index (χ2n) is 3.51. The molecular weight excluding hydrogens is 198 g/mol. The summed E-state index contributed by atoms with van der Waals surface area (Å²) in [6.45, 7) is 4.23. The maximum absolute atomic E-state index is 8.83. The van der Waals surface area contributed by atoms with Crippen molar-refractivity contribution in [1.29, 1.82) is 0 Å². The topological polar surface area (TPSA) is 46.2 Å². The van der Waals surface area contributed by atoms with E-state index < -0.39 is 0 Å². The molecule has 80 valence electrons. The highest BCUT2D eigenvalue weighted by Gasteiger charge is 2.05. The van der Waals surface area contributed by atoms with E-state index in [0.717, 1.165) is 6.42 Å². The Labute approximate surface area is 91.5 Å². The molecule has 1 unspecified atom stereocenters. The summed E-state index contributed by atoms with van der Waals surface area (Å²) in [6.07, 6.45) is 0.754. The summed E-state index contributed by atoms with van der Waals surface area (Å²) < 4.78 is 0. The van der Waals surface area contributed by atoms with Crippen LogP contribution in [0.25, 0.3) is 0 Å². The van der Waals surface area contributed by atoms with Crippen molar-refractivity contribution < 1.29 is 5.11 Å². The van der Waals surface area contributed by atoms with Crippen LogP contribution in [-0.2, 0) is 6.42 Å². The number of aryl methyl sites for hydroxylation is 1. The second-order valence-corrected chi connectivity index (χ2v) is 3.51. The maximum atomic E-state index is 8.83. The second kappa shape index (κ2) is 6.02. The van der Waals surface area contributed by atoms with Crippen molar-refractivity contribution in [3.63, 3.8) is 0 Å². The minimum atomic E-state index is -0.138. The molecule has 0 heterocycles. The lowest BCUT2D eigenvalue weighted by Gasteiger charge is -2.11. The lowest BCUT2D eigenvalue weighted by Crippen LogP contribution is -2.27. The fraction of sp³-hybridized carbons (Fsp3) is 0.455. The van der Waals surface area contributed by atoms with Crippen molar-refractivity contribution in [3.05, 3.63) is 34.9 Å². The Morgan fingerprint density at radius 3 is 2.57 bits per heavy atom. The molecule has 0 aliphatic heterocycles. The Balaban J connectivity index is 0.00000169. The van der Waals surface area contributed by atoms with E-state index in [1.165, 1.54) is 16.7 Å². The molecule has 0 aliphatic carbocycles. The van der Waals surface area contributed by atoms with E-state index in [2.05, 4.69) is 26.0 Å². The molecule has 0 bridgehead atoms. The number of nitrogens with two attached hydrogens (primary N) is 1. The molecule has 0 saturated heterocycles. The standard InChI is InChI=1S/C11H17NO.ClH/c1-8-4-3-5-10(9(8)2)6-11(12)7-13;/h3-5,11,13H,6-7,12H2,1-2H3;1H. The van der Waals surface area contributed by atoms with Gasteiger partial charge in [-0.3, -0.25) is 0 Å². The van der Waals surface area contributed by atoms with Crippen LogP contribution in [-0.4, -0.2) is 17.8 Å². The van der Waals surface area contributed by atoms with E-state index in [1.54, 1.807) is 0 Å². The van der Waals surface area contributed by atoms with Crippen molar-refractivity contribution in [3.8, 4) is 0 Å². The van der Waals surface area contributed by atoms with Crippen molar-refractivity contribution in [2.24, 2.45) is 5.73 Å². The van der Waals surface area contributed by atoms with Gasteiger partial charge in [-0.05, 0) is 37.0 Å². The van der Waals surface area contributed by atoms with Crippen molar-refractivity contribution in [1.82, 2.24) is 0 Å². The molecule has 0 amide bonds. The highest BCUT2D eigenvalue weighted by molar-refractivity contribution is 5.85. The SMILES string of the molecule is Cc1cccc(CC(N)CO)c1C.Cl. The highest BCUT2D eigenvalue weighted by Crippen LogP contribution is 2.13. The summed E-state index contributed by atoms with van der Waals surface area (Å²) in [7, 11) is 0. The Kier molecular flexibility index (Phi) is 5.77. The zero-order valence-electron chi connectivity index (χ0n) is 8.66. The minimum absolute atomic E-state index is 0.